The predicted molar refractivity (Wildman–Crippen MR) is 141 cm³/mol. The molecule has 7 nitrogen and oxygen atoms in total. The van der Waals surface area contributed by atoms with Gasteiger partial charge in [0.15, 0.2) is 11.5 Å². The van der Waals surface area contributed by atoms with E-state index in [-0.39, 0.29) is 6.61 Å². The molecule has 0 amide bonds. The number of likely N-dealkylation sites (tertiary alicyclic amines) is 1. The van der Waals surface area contributed by atoms with Crippen LogP contribution in [-0.2, 0) is 13.1 Å². The van der Waals surface area contributed by atoms with E-state index >= 15 is 0 Å². The summed E-state index contributed by atoms with van der Waals surface area (Å²) in [6.07, 6.45) is 6.06. The fraction of sp³-hybridized carbons (Fsp3) is 0.464. The molecule has 4 rings (SSSR count). The van der Waals surface area contributed by atoms with Crippen molar-refractivity contribution in [2.24, 2.45) is 0 Å². The van der Waals surface area contributed by atoms with Gasteiger partial charge in [0.25, 0.3) is 0 Å². The monoisotopic (exact) mass is 513 g/mol. The Hall–Kier alpha value is -2.74. The Balaban J connectivity index is 1.29. The number of nitrogens with zero attached hydrogens (tertiary/aromatic N) is 3. The maximum Gasteiger partial charge on any atom is 0.161 e. The number of aliphatic hydroxyl groups is 1. The molecule has 0 saturated carbocycles. The van der Waals surface area contributed by atoms with Crippen LogP contribution in [0.15, 0.2) is 48.8 Å². The molecular formula is C28H36ClN3O4. The summed E-state index contributed by atoms with van der Waals surface area (Å²) in [5.41, 5.74) is 2.49. The third-order valence-corrected chi connectivity index (χ3v) is 6.88. The van der Waals surface area contributed by atoms with Crippen LogP contribution in [0.2, 0.25) is 5.02 Å². The van der Waals surface area contributed by atoms with Crippen LogP contribution < -0.4 is 14.2 Å². The van der Waals surface area contributed by atoms with Crippen LogP contribution in [0, 0.1) is 13.8 Å². The molecule has 0 radical (unpaired) electrons. The summed E-state index contributed by atoms with van der Waals surface area (Å²) in [6.45, 7) is 7.92. The first kappa shape index (κ1) is 26.3. The van der Waals surface area contributed by atoms with Gasteiger partial charge < -0.3 is 19.3 Å². The minimum atomic E-state index is -0.871. The van der Waals surface area contributed by atoms with Crippen molar-refractivity contribution in [3.63, 3.8) is 0 Å². The summed E-state index contributed by atoms with van der Waals surface area (Å²) >= 11 is 6.26. The van der Waals surface area contributed by atoms with Crippen LogP contribution in [0.5, 0.6) is 17.2 Å². The van der Waals surface area contributed by atoms with Crippen molar-refractivity contribution in [3.8, 4) is 17.2 Å². The van der Waals surface area contributed by atoms with E-state index in [0.29, 0.717) is 36.8 Å². The Morgan fingerprint density at radius 3 is 2.64 bits per heavy atom. The molecule has 3 aromatic rings. The van der Waals surface area contributed by atoms with Crippen LogP contribution >= 0.6 is 11.6 Å². The summed E-state index contributed by atoms with van der Waals surface area (Å²) in [5, 5.41) is 16.1. The summed E-state index contributed by atoms with van der Waals surface area (Å²) in [7, 11) is 1.66. The highest BCUT2D eigenvalue weighted by Gasteiger charge is 2.31. The standard InChI is InChI=1S/C28H36ClN3O4/c1-21-5-7-24(29)26(15-21)36-20-28(33)9-4-11-31(12-10-28)19-23-6-8-25(27(16-23)34-3)35-14-13-32-18-22(2)17-30-32/h5-8,15-18,33H,4,9-14,19-20H2,1-3H3/t28-/m0/s1. The molecule has 2 aromatic carbocycles. The van der Waals surface area contributed by atoms with E-state index in [1.54, 1.807) is 7.11 Å². The topological polar surface area (TPSA) is 69.0 Å². The Morgan fingerprint density at radius 1 is 1.00 bits per heavy atom. The van der Waals surface area contributed by atoms with Gasteiger partial charge in [-0.3, -0.25) is 9.58 Å². The Kier molecular flexibility index (Phi) is 8.77. The number of aryl methyl sites for hydroxylation is 2. The van der Waals surface area contributed by atoms with E-state index in [0.717, 1.165) is 54.2 Å². The summed E-state index contributed by atoms with van der Waals surface area (Å²) in [5.74, 6) is 2.07. The average molecular weight is 514 g/mol. The van der Waals surface area contributed by atoms with Gasteiger partial charge in [0.05, 0.1) is 30.5 Å². The van der Waals surface area contributed by atoms with Crippen molar-refractivity contribution in [3.05, 3.63) is 70.5 Å². The molecule has 0 unspecified atom stereocenters. The lowest BCUT2D eigenvalue weighted by molar-refractivity contribution is -0.0168. The minimum Gasteiger partial charge on any atom is -0.493 e. The molecule has 1 atom stereocenters. The number of aromatic nitrogens is 2. The molecule has 0 aliphatic carbocycles. The number of halogens is 1. The van der Waals surface area contributed by atoms with Crippen molar-refractivity contribution in [2.75, 3.05) is 33.4 Å². The number of ether oxygens (including phenoxy) is 3. The van der Waals surface area contributed by atoms with Crippen molar-refractivity contribution in [1.82, 2.24) is 14.7 Å². The Morgan fingerprint density at radius 2 is 1.86 bits per heavy atom. The molecule has 0 spiro atoms. The fourth-order valence-corrected chi connectivity index (χ4v) is 4.67. The molecule has 36 heavy (non-hydrogen) atoms. The molecule has 1 aliphatic heterocycles. The van der Waals surface area contributed by atoms with Gasteiger partial charge in [0.1, 0.15) is 19.0 Å². The van der Waals surface area contributed by atoms with Gasteiger partial charge in [0.2, 0.25) is 0 Å². The number of rotatable bonds is 10. The highest BCUT2D eigenvalue weighted by atomic mass is 35.5. The van der Waals surface area contributed by atoms with Gasteiger partial charge >= 0.3 is 0 Å². The van der Waals surface area contributed by atoms with E-state index in [1.165, 1.54) is 0 Å². The molecule has 1 aliphatic rings. The molecule has 1 saturated heterocycles. The zero-order chi connectivity index (χ0) is 25.5. The maximum absolute atomic E-state index is 11.2. The first-order valence-corrected chi connectivity index (χ1v) is 12.8. The number of hydrogen-bond donors (Lipinski definition) is 1. The van der Waals surface area contributed by atoms with E-state index < -0.39 is 5.60 Å². The smallest absolute Gasteiger partial charge is 0.161 e. The van der Waals surface area contributed by atoms with Gasteiger partial charge in [-0.25, -0.2) is 0 Å². The number of hydrogen-bond acceptors (Lipinski definition) is 6. The molecule has 1 aromatic heterocycles. The quantitative estimate of drug-likeness (QED) is 0.410. The molecular weight excluding hydrogens is 478 g/mol. The number of benzene rings is 2. The van der Waals surface area contributed by atoms with Gasteiger partial charge in [-0.2, -0.15) is 5.10 Å². The summed E-state index contributed by atoms with van der Waals surface area (Å²) in [4.78, 5) is 2.37. The Bertz CT molecular complexity index is 1150. The first-order valence-electron chi connectivity index (χ1n) is 12.5. The fourth-order valence-electron chi connectivity index (χ4n) is 4.50. The molecule has 1 fully saturated rings. The van der Waals surface area contributed by atoms with Gasteiger partial charge in [-0.05, 0) is 80.6 Å². The molecule has 0 bridgehead atoms. The van der Waals surface area contributed by atoms with Gasteiger partial charge in [-0.15, -0.1) is 0 Å². The summed E-state index contributed by atoms with van der Waals surface area (Å²) < 4.78 is 19.4. The SMILES string of the molecule is COc1cc(CN2CCC[C@@](O)(COc3cc(C)ccc3Cl)CC2)ccc1OCCn1cc(C)cn1. The van der Waals surface area contributed by atoms with Crippen LogP contribution in [0.1, 0.15) is 36.0 Å². The van der Waals surface area contributed by atoms with E-state index in [2.05, 4.69) is 16.1 Å². The Labute approximate surface area is 218 Å². The normalized spacial score (nSPS) is 18.6. The number of methoxy groups -OCH3 is 1. The second-order valence-electron chi connectivity index (χ2n) is 9.69. The second-order valence-corrected chi connectivity index (χ2v) is 10.1. The predicted octanol–water partition coefficient (Wildman–Crippen LogP) is 5.04. The van der Waals surface area contributed by atoms with Gasteiger partial charge in [-0.1, -0.05) is 23.7 Å². The van der Waals surface area contributed by atoms with Crippen molar-refractivity contribution >= 4 is 11.6 Å². The van der Waals surface area contributed by atoms with Crippen molar-refractivity contribution in [1.29, 1.82) is 0 Å². The third-order valence-electron chi connectivity index (χ3n) is 6.57. The van der Waals surface area contributed by atoms with E-state index in [9.17, 15) is 5.11 Å². The molecule has 8 heteroatoms. The minimum absolute atomic E-state index is 0.238. The molecule has 194 valence electrons. The first-order chi connectivity index (χ1) is 17.3. The van der Waals surface area contributed by atoms with Crippen LogP contribution in [0.25, 0.3) is 0 Å². The van der Waals surface area contributed by atoms with Gasteiger partial charge in [0, 0.05) is 19.3 Å². The maximum atomic E-state index is 11.2. The average Bonchev–Trinajstić information content (AvgIpc) is 3.19. The zero-order valence-corrected chi connectivity index (χ0v) is 22.1. The largest absolute Gasteiger partial charge is 0.493 e. The lowest BCUT2D eigenvalue weighted by Crippen LogP contribution is -2.37. The zero-order valence-electron chi connectivity index (χ0n) is 21.4. The lowest BCUT2D eigenvalue weighted by Gasteiger charge is -2.27. The van der Waals surface area contributed by atoms with E-state index in [4.69, 9.17) is 25.8 Å². The highest BCUT2D eigenvalue weighted by molar-refractivity contribution is 6.32. The van der Waals surface area contributed by atoms with Crippen LogP contribution in [0.4, 0.5) is 0 Å². The summed E-state index contributed by atoms with van der Waals surface area (Å²) in [6, 6.07) is 11.8. The highest BCUT2D eigenvalue weighted by Crippen LogP contribution is 2.31. The second kappa shape index (κ2) is 12.0. The lowest BCUT2D eigenvalue weighted by atomic mass is 9.96. The van der Waals surface area contributed by atoms with E-state index in [1.807, 2.05) is 61.3 Å². The third kappa shape index (κ3) is 7.15. The molecule has 1 N–H and O–H groups in total. The van der Waals surface area contributed by atoms with Crippen molar-refractivity contribution in [2.45, 2.75) is 51.8 Å². The molecule has 2 heterocycles. The van der Waals surface area contributed by atoms with Crippen LogP contribution in [0.3, 0.4) is 0 Å². The van der Waals surface area contributed by atoms with Crippen LogP contribution in [-0.4, -0.2) is 58.8 Å². The van der Waals surface area contributed by atoms with Crippen molar-refractivity contribution < 1.29 is 19.3 Å².